The van der Waals surface area contributed by atoms with Crippen molar-refractivity contribution in [2.24, 2.45) is 0 Å². The fourth-order valence-electron chi connectivity index (χ4n) is 3.61. The molecule has 0 spiro atoms. The average Bonchev–Trinajstić information content (AvgIpc) is 2.67. The number of carbonyl (C=O) groups is 1. The number of methoxy groups -OCH3 is 2. The molecule has 5 heteroatoms. The quantitative estimate of drug-likeness (QED) is 0.812. The van der Waals surface area contributed by atoms with E-state index in [0.29, 0.717) is 18.8 Å². The van der Waals surface area contributed by atoms with Crippen molar-refractivity contribution in [1.29, 1.82) is 0 Å². The van der Waals surface area contributed by atoms with Crippen LogP contribution in [0.1, 0.15) is 22.3 Å². The molecular formula is C22H28N2O3. The van der Waals surface area contributed by atoms with E-state index in [0.717, 1.165) is 30.0 Å². The highest BCUT2D eigenvalue weighted by molar-refractivity contribution is 5.82. The Morgan fingerprint density at radius 3 is 2.41 bits per heavy atom. The van der Waals surface area contributed by atoms with Gasteiger partial charge in [0, 0.05) is 25.8 Å². The van der Waals surface area contributed by atoms with Gasteiger partial charge in [-0.2, -0.15) is 0 Å². The number of rotatable bonds is 5. The van der Waals surface area contributed by atoms with Crippen molar-refractivity contribution < 1.29 is 14.3 Å². The number of hydrogen-bond donors (Lipinski definition) is 0. The minimum absolute atomic E-state index is 0.138. The number of ether oxygens (including phenoxy) is 2. The molecule has 5 nitrogen and oxygen atoms in total. The fraction of sp³-hybridized carbons (Fsp3) is 0.409. The largest absolute Gasteiger partial charge is 0.493 e. The molecule has 1 amide bonds. The fourth-order valence-corrected chi connectivity index (χ4v) is 3.61. The lowest BCUT2D eigenvalue weighted by Gasteiger charge is -2.31. The summed E-state index contributed by atoms with van der Waals surface area (Å²) in [6.07, 6.45) is 0.828. The lowest BCUT2D eigenvalue weighted by atomic mass is 9.98. The Morgan fingerprint density at radius 1 is 1.07 bits per heavy atom. The van der Waals surface area contributed by atoms with Gasteiger partial charge in [-0.15, -0.1) is 0 Å². The van der Waals surface area contributed by atoms with Gasteiger partial charge >= 0.3 is 0 Å². The molecule has 0 bridgehead atoms. The molecule has 0 saturated heterocycles. The summed E-state index contributed by atoms with van der Waals surface area (Å²) in [7, 11) is 5.26. The van der Waals surface area contributed by atoms with Gasteiger partial charge in [0.15, 0.2) is 11.5 Å². The van der Waals surface area contributed by atoms with Gasteiger partial charge in [0.2, 0.25) is 5.91 Å². The standard InChI is InChI=1S/C22H28N2O3/c1-15-6-7-16(2)19(10-15)23(3)14-22(25)24-9-8-17-11-20(26-4)21(27-5)12-18(17)13-24/h6-7,10-12H,8-9,13-14H2,1-5H3. The van der Waals surface area contributed by atoms with Gasteiger partial charge in [-0.1, -0.05) is 12.1 Å². The number of anilines is 1. The first-order chi connectivity index (χ1) is 12.9. The number of amides is 1. The first-order valence-electron chi connectivity index (χ1n) is 9.23. The molecule has 1 heterocycles. The van der Waals surface area contributed by atoms with Gasteiger partial charge < -0.3 is 19.3 Å². The van der Waals surface area contributed by atoms with E-state index in [9.17, 15) is 4.79 Å². The maximum Gasteiger partial charge on any atom is 0.242 e. The third-order valence-corrected chi connectivity index (χ3v) is 5.22. The summed E-state index contributed by atoms with van der Waals surface area (Å²) in [5, 5.41) is 0. The van der Waals surface area contributed by atoms with Crippen molar-refractivity contribution in [3.8, 4) is 11.5 Å². The minimum Gasteiger partial charge on any atom is -0.493 e. The monoisotopic (exact) mass is 368 g/mol. The highest BCUT2D eigenvalue weighted by atomic mass is 16.5. The Kier molecular flexibility index (Phi) is 5.59. The number of fused-ring (bicyclic) bond motifs is 1. The molecule has 3 rings (SSSR count). The third kappa shape index (κ3) is 4.02. The van der Waals surface area contributed by atoms with E-state index in [1.807, 2.05) is 29.0 Å². The molecular weight excluding hydrogens is 340 g/mol. The van der Waals surface area contributed by atoms with Crippen molar-refractivity contribution in [2.45, 2.75) is 26.8 Å². The molecule has 0 atom stereocenters. The van der Waals surface area contributed by atoms with Crippen molar-refractivity contribution in [3.63, 3.8) is 0 Å². The number of hydrogen-bond acceptors (Lipinski definition) is 4. The van der Waals surface area contributed by atoms with Crippen molar-refractivity contribution in [1.82, 2.24) is 4.90 Å². The zero-order chi connectivity index (χ0) is 19.6. The average molecular weight is 368 g/mol. The third-order valence-electron chi connectivity index (χ3n) is 5.22. The van der Waals surface area contributed by atoms with Crippen molar-refractivity contribution >= 4 is 11.6 Å². The highest BCUT2D eigenvalue weighted by Gasteiger charge is 2.24. The van der Waals surface area contributed by atoms with Crippen LogP contribution in [0.5, 0.6) is 11.5 Å². The van der Waals surface area contributed by atoms with Crippen molar-refractivity contribution in [3.05, 3.63) is 52.6 Å². The van der Waals surface area contributed by atoms with Gasteiger partial charge in [0.25, 0.3) is 0 Å². The van der Waals surface area contributed by atoms with Crippen LogP contribution in [0.25, 0.3) is 0 Å². The first kappa shape index (κ1) is 19.1. The zero-order valence-corrected chi connectivity index (χ0v) is 16.8. The van der Waals surface area contributed by atoms with Crippen LogP contribution in [0, 0.1) is 13.8 Å². The summed E-state index contributed by atoms with van der Waals surface area (Å²) in [6, 6.07) is 10.3. The van der Waals surface area contributed by atoms with Crippen LogP contribution in [-0.4, -0.2) is 45.2 Å². The van der Waals surface area contributed by atoms with E-state index >= 15 is 0 Å². The van der Waals surface area contributed by atoms with Gasteiger partial charge in [0.05, 0.1) is 20.8 Å². The summed E-state index contributed by atoms with van der Waals surface area (Å²) >= 11 is 0. The summed E-state index contributed by atoms with van der Waals surface area (Å²) < 4.78 is 10.8. The maximum absolute atomic E-state index is 12.9. The van der Waals surface area contributed by atoms with Crippen LogP contribution in [-0.2, 0) is 17.8 Å². The molecule has 0 aliphatic carbocycles. The number of benzene rings is 2. The smallest absolute Gasteiger partial charge is 0.242 e. The van der Waals surface area contributed by atoms with Crippen LogP contribution >= 0.6 is 0 Å². The van der Waals surface area contributed by atoms with Gasteiger partial charge in [-0.05, 0) is 60.7 Å². The van der Waals surface area contributed by atoms with Crippen LogP contribution in [0.2, 0.25) is 0 Å². The predicted molar refractivity (Wildman–Crippen MR) is 108 cm³/mol. The molecule has 0 aromatic heterocycles. The summed E-state index contributed by atoms with van der Waals surface area (Å²) in [4.78, 5) is 16.9. The van der Waals surface area contributed by atoms with E-state index in [1.165, 1.54) is 16.7 Å². The predicted octanol–water partition coefficient (Wildman–Crippen LogP) is 3.34. The molecule has 0 N–H and O–H groups in total. The second-order valence-electron chi connectivity index (χ2n) is 7.19. The number of likely N-dealkylation sites (N-methyl/N-ethyl adjacent to an activating group) is 1. The molecule has 2 aromatic rings. The highest BCUT2D eigenvalue weighted by Crippen LogP contribution is 2.33. The Balaban J connectivity index is 1.73. The maximum atomic E-state index is 12.9. The lowest BCUT2D eigenvalue weighted by Crippen LogP contribution is -2.42. The van der Waals surface area contributed by atoms with Crippen LogP contribution in [0.15, 0.2) is 30.3 Å². The number of nitrogens with zero attached hydrogens (tertiary/aromatic N) is 2. The van der Waals surface area contributed by atoms with Gasteiger partial charge in [0.1, 0.15) is 0 Å². The summed E-state index contributed by atoms with van der Waals surface area (Å²) in [6.45, 7) is 5.85. The van der Waals surface area contributed by atoms with E-state index in [2.05, 4.69) is 32.0 Å². The second-order valence-corrected chi connectivity index (χ2v) is 7.19. The molecule has 144 valence electrons. The summed E-state index contributed by atoms with van der Waals surface area (Å²) in [5.74, 6) is 1.59. The molecule has 1 aliphatic heterocycles. The molecule has 0 fully saturated rings. The number of aryl methyl sites for hydroxylation is 2. The SMILES string of the molecule is COc1cc2c(cc1OC)CN(C(=O)CN(C)c1cc(C)ccc1C)CC2. The Hall–Kier alpha value is -2.69. The minimum atomic E-state index is 0.138. The molecule has 0 saturated carbocycles. The number of carbonyl (C=O) groups excluding carboxylic acids is 1. The summed E-state index contributed by atoms with van der Waals surface area (Å²) in [5.41, 5.74) is 5.83. The Labute approximate surface area is 161 Å². The van der Waals surface area contributed by atoms with Crippen LogP contribution in [0.4, 0.5) is 5.69 Å². The molecule has 27 heavy (non-hydrogen) atoms. The van der Waals surface area contributed by atoms with E-state index < -0.39 is 0 Å². The van der Waals surface area contributed by atoms with E-state index in [-0.39, 0.29) is 5.91 Å². The molecule has 1 aliphatic rings. The Morgan fingerprint density at radius 2 is 1.74 bits per heavy atom. The van der Waals surface area contributed by atoms with Crippen LogP contribution < -0.4 is 14.4 Å². The van der Waals surface area contributed by atoms with Gasteiger partial charge in [-0.25, -0.2) is 0 Å². The van der Waals surface area contributed by atoms with E-state index in [1.54, 1.807) is 14.2 Å². The first-order valence-corrected chi connectivity index (χ1v) is 9.23. The molecule has 0 unspecified atom stereocenters. The molecule has 0 radical (unpaired) electrons. The van der Waals surface area contributed by atoms with E-state index in [4.69, 9.17) is 9.47 Å². The van der Waals surface area contributed by atoms with Gasteiger partial charge in [-0.3, -0.25) is 4.79 Å². The van der Waals surface area contributed by atoms with Crippen molar-refractivity contribution in [2.75, 3.05) is 39.3 Å². The Bertz CT molecular complexity index is 848. The zero-order valence-electron chi connectivity index (χ0n) is 16.8. The topological polar surface area (TPSA) is 42.0 Å². The lowest BCUT2D eigenvalue weighted by molar-refractivity contribution is -0.130. The second kappa shape index (κ2) is 7.91. The normalized spacial score (nSPS) is 13.1. The van der Waals surface area contributed by atoms with Crippen LogP contribution in [0.3, 0.4) is 0 Å². The molecule has 2 aromatic carbocycles.